The molecule has 2 N–H and O–H groups in total. The Morgan fingerprint density at radius 3 is 2.70 bits per heavy atom. The summed E-state index contributed by atoms with van der Waals surface area (Å²) in [6, 6.07) is 9.57. The lowest BCUT2D eigenvalue weighted by Gasteiger charge is -2.12. The Balaban J connectivity index is 2.05. The molecule has 2 aromatic rings. The van der Waals surface area contributed by atoms with Gasteiger partial charge in [-0.05, 0) is 23.8 Å². The average Bonchev–Trinajstić information content (AvgIpc) is 2.45. The third-order valence-corrected chi connectivity index (χ3v) is 2.95. The van der Waals surface area contributed by atoms with E-state index < -0.39 is 11.0 Å². The molecule has 0 amide bonds. The first-order chi connectivity index (χ1) is 9.58. The van der Waals surface area contributed by atoms with E-state index in [2.05, 4.69) is 10.3 Å². The van der Waals surface area contributed by atoms with Crippen LogP contribution in [0.25, 0.3) is 0 Å². The highest BCUT2D eigenvalue weighted by molar-refractivity contribution is 6.30. The quantitative estimate of drug-likeness (QED) is 0.653. The fourth-order valence-electron chi connectivity index (χ4n) is 1.68. The summed E-state index contributed by atoms with van der Waals surface area (Å²) in [7, 11) is 0. The molecule has 2 rings (SSSR count). The van der Waals surface area contributed by atoms with E-state index in [0.29, 0.717) is 10.6 Å². The van der Waals surface area contributed by atoms with Crippen molar-refractivity contribution < 1.29 is 10.0 Å². The highest BCUT2D eigenvalue weighted by Crippen LogP contribution is 2.22. The highest BCUT2D eigenvalue weighted by Gasteiger charge is 2.15. The third kappa shape index (κ3) is 3.43. The van der Waals surface area contributed by atoms with E-state index in [4.69, 9.17) is 11.6 Å². The number of aromatic nitrogens is 1. The number of halogens is 1. The Bertz CT molecular complexity index is 604. The lowest BCUT2D eigenvalue weighted by atomic mass is 10.1. The van der Waals surface area contributed by atoms with Crippen molar-refractivity contribution in [2.45, 2.75) is 6.10 Å². The van der Waals surface area contributed by atoms with Gasteiger partial charge in [0.25, 0.3) is 0 Å². The molecule has 1 aromatic heterocycles. The van der Waals surface area contributed by atoms with Crippen LogP contribution >= 0.6 is 11.6 Å². The highest BCUT2D eigenvalue weighted by atomic mass is 35.5. The molecule has 0 saturated carbocycles. The van der Waals surface area contributed by atoms with Gasteiger partial charge in [0.1, 0.15) is 0 Å². The van der Waals surface area contributed by atoms with E-state index in [1.165, 1.54) is 18.3 Å². The topological polar surface area (TPSA) is 88.3 Å². The Morgan fingerprint density at radius 1 is 1.35 bits per heavy atom. The number of rotatable bonds is 5. The largest absolute Gasteiger partial charge is 0.387 e. The molecule has 0 bridgehead atoms. The van der Waals surface area contributed by atoms with Gasteiger partial charge in [0.15, 0.2) is 0 Å². The molecule has 0 spiro atoms. The van der Waals surface area contributed by atoms with Crippen LogP contribution in [-0.4, -0.2) is 21.6 Å². The first kappa shape index (κ1) is 14.2. The molecule has 6 nitrogen and oxygen atoms in total. The maximum atomic E-state index is 10.8. The van der Waals surface area contributed by atoms with Gasteiger partial charge in [-0.1, -0.05) is 23.7 Å². The zero-order valence-corrected chi connectivity index (χ0v) is 11.1. The smallest absolute Gasteiger partial charge is 0.311 e. The maximum absolute atomic E-state index is 10.8. The summed E-state index contributed by atoms with van der Waals surface area (Å²) < 4.78 is 0. The van der Waals surface area contributed by atoms with Crippen LogP contribution < -0.4 is 5.32 Å². The summed E-state index contributed by atoms with van der Waals surface area (Å²) in [5.74, 6) is 0.130. The Hall–Kier alpha value is -2.18. The van der Waals surface area contributed by atoms with Crippen molar-refractivity contribution in [2.24, 2.45) is 0 Å². The molecule has 0 aliphatic carbocycles. The van der Waals surface area contributed by atoms with Crippen molar-refractivity contribution in [3.63, 3.8) is 0 Å². The molecule has 0 unspecified atom stereocenters. The van der Waals surface area contributed by atoms with E-state index >= 15 is 0 Å². The van der Waals surface area contributed by atoms with Crippen LogP contribution in [0, 0.1) is 10.1 Å². The lowest BCUT2D eigenvalue weighted by Crippen LogP contribution is -2.13. The molecular formula is C13H12ClN3O3. The van der Waals surface area contributed by atoms with Crippen molar-refractivity contribution in [1.29, 1.82) is 0 Å². The molecule has 1 atom stereocenters. The normalized spacial score (nSPS) is 11.9. The zero-order chi connectivity index (χ0) is 14.5. The maximum Gasteiger partial charge on any atom is 0.311 e. The molecule has 0 saturated heterocycles. The van der Waals surface area contributed by atoms with Crippen LogP contribution in [0.2, 0.25) is 5.02 Å². The monoisotopic (exact) mass is 293 g/mol. The Kier molecular flexibility index (Phi) is 4.49. The predicted octanol–water partition coefficient (Wildman–Crippen LogP) is 2.79. The van der Waals surface area contributed by atoms with E-state index in [1.807, 2.05) is 0 Å². The molecule has 0 aliphatic rings. The molecule has 7 heteroatoms. The van der Waals surface area contributed by atoms with E-state index in [0.717, 1.165) is 0 Å². The summed E-state index contributed by atoms with van der Waals surface area (Å²) in [5.41, 5.74) is 0.538. The van der Waals surface area contributed by atoms with Crippen LogP contribution in [0.4, 0.5) is 11.5 Å². The van der Waals surface area contributed by atoms with E-state index in [1.54, 1.807) is 24.3 Å². The van der Waals surface area contributed by atoms with Gasteiger partial charge in [0.2, 0.25) is 5.82 Å². The number of nitrogens with one attached hydrogen (secondary N) is 1. The third-order valence-electron chi connectivity index (χ3n) is 2.70. The number of nitro groups is 1. The molecule has 104 valence electrons. The van der Waals surface area contributed by atoms with Gasteiger partial charge < -0.3 is 10.4 Å². The van der Waals surface area contributed by atoms with Gasteiger partial charge in [0, 0.05) is 23.8 Å². The first-order valence-corrected chi connectivity index (χ1v) is 6.22. The summed E-state index contributed by atoms with van der Waals surface area (Å²) in [6.07, 6.45) is 0.637. The predicted molar refractivity (Wildman–Crippen MR) is 75.8 cm³/mol. The fourth-order valence-corrected chi connectivity index (χ4v) is 1.80. The first-order valence-electron chi connectivity index (χ1n) is 5.84. The second-order valence-electron chi connectivity index (χ2n) is 4.08. The van der Waals surface area contributed by atoms with Crippen molar-refractivity contribution in [3.8, 4) is 0 Å². The van der Waals surface area contributed by atoms with Crippen LogP contribution in [0.1, 0.15) is 11.7 Å². The van der Waals surface area contributed by atoms with E-state index in [9.17, 15) is 15.2 Å². The van der Waals surface area contributed by atoms with Crippen molar-refractivity contribution >= 4 is 23.1 Å². The zero-order valence-electron chi connectivity index (χ0n) is 10.4. The van der Waals surface area contributed by atoms with Gasteiger partial charge in [-0.25, -0.2) is 4.98 Å². The molecule has 1 heterocycles. The van der Waals surface area contributed by atoms with Gasteiger partial charge in [-0.2, -0.15) is 0 Å². The second kappa shape index (κ2) is 6.31. The van der Waals surface area contributed by atoms with Crippen LogP contribution in [0.3, 0.4) is 0 Å². The summed E-state index contributed by atoms with van der Waals surface area (Å²) in [6.45, 7) is 0.111. The lowest BCUT2D eigenvalue weighted by molar-refractivity contribution is -0.384. The number of aliphatic hydroxyl groups excluding tert-OH is 1. The van der Waals surface area contributed by atoms with E-state index in [-0.39, 0.29) is 18.1 Å². The minimum atomic E-state index is -0.811. The van der Waals surface area contributed by atoms with Gasteiger partial charge in [-0.3, -0.25) is 10.1 Å². The molecular weight excluding hydrogens is 282 g/mol. The van der Waals surface area contributed by atoms with Gasteiger partial charge in [-0.15, -0.1) is 0 Å². The summed E-state index contributed by atoms with van der Waals surface area (Å²) in [5, 5.41) is 24.2. The summed E-state index contributed by atoms with van der Waals surface area (Å²) in [4.78, 5) is 14.2. The number of hydrogen-bond acceptors (Lipinski definition) is 5. The minimum Gasteiger partial charge on any atom is -0.387 e. The van der Waals surface area contributed by atoms with Crippen LogP contribution in [0.5, 0.6) is 0 Å². The van der Waals surface area contributed by atoms with Gasteiger partial charge >= 0.3 is 5.69 Å². The SMILES string of the molecule is O=[N+]([O-])c1cccnc1NC[C@@H](O)c1ccc(Cl)cc1. The fraction of sp³-hybridized carbons (Fsp3) is 0.154. The van der Waals surface area contributed by atoms with Crippen LogP contribution in [-0.2, 0) is 0 Å². The minimum absolute atomic E-state index is 0.111. The standard InChI is InChI=1S/C13H12ClN3O3/c14-10-5-3-9(4-6-10)12(18)8-16-13-11(17(19)20)2-1-7-15-13/h1-7,12,18H,8H2,(H,15,16)/t12-/m1/s1. The number of pyridine rings is 1. The van der Waals surface area contributed by atoms with Crippen molar-refractivity contribution in [3.05, 3.63) is 63.3 Å². The molecule has 0 radical (unpaired) electrons. The Morgan fingerprint density at radius 2 is 2.05 bits per heavy atom. The Labute approximate surface area is 120 Å². The number of aliphatic hydroxyl groups is 1. The molecule has 0 aliphatic heterocycles. The summed E-state index contributed by atoms with van der Waals surface area (Å²) >= 11 is 5.76. The average molecular weight is 294 g/mol. The van der Waals surface area contributed by atoms with Crippen molar-refractivity contribution in [1.82, 2.24) is 4.98 Å². The van der Waals surface area contributed by atoms with Crippen LogP contribution in [0.15, 0.2) is 42.6 Å². The second-order valence-corrected chi connectivity index (χ2v) is 4.51. The number of hydrogen-bond donors (Lipinski definition) is 2. The molecule has 0 fully saturated rings. The van der Waals surface area contributed by atoms with Gasteiger partial charge in [0.05, 0.1) is 11.0 Å². The number of nitrogens with zero attached hydrogens (tertiary/aromatic N) is 2. The molecule has 1 aromatic carbocycles. The van der Waals surface area contributed by atoms with Crippen molar-refractivity contribution in [2.75, 3.05) is 11.9 Å². The number of benzene rings is 1. The molecule has 20 heavy (non-hydrogen) atoms. The number of anilines is 1.